The fourth-order valence-electron chi connectivity index (χ4n) is 3.05. The lowest BCUT2D eigenvalue weighted by Gasteiger charge is -2.35. The van der Waals surface area contributed by atoms with Crippen LogP contribution in [-0.2, 0) is 0 Å². The quantitative estimate of drug-likeness (QED) is 0.902. The van der Waals surface area contributed by atoms with E-state index in [0.717, 1.165) is 49.6 Å². The van der Waals surface area contributed by atoms with E-state index in [-0.39, 0.29) is 36.7 Å². The van der Waals surface area contributed by atoms with E-state index < -0.39 is 0 Å². The molecule has 2 fully saturated rings. The minimum atomic E-state index is -0.0326. The first kappa shape index (κ1) is 18.7. The monoisotopic (exact) mass is 334 g/mol. The van der Waals surface area contributed by atoms with E-state index in [1.165, 1.54) is 12.8 Å². The maximum absolute atomic E-state index is 14.2. The van der Waals surface area contributed by atoms with Gasteiger partial charge < -0.3 is 5.32 Å². The third-order valence-electron chi connectivity index (χ3n) is 4.36. The molecule has 2 aliphatic rings. The van der Waals surface area contributed by atoms with Crippen LogP contribution in [0, 0.1) is 18.7 Å². The summed E-state index contributed by atoms with van der Waals surface area (Å²) in [4.78, 5) is 2.46. The third-order valence-corrected chi connectivity index (χ3v) is 4.36. The molecular weight excluding hydrogens is 310 g/mol. The molecule has 0 aromatic heterocycles. The summed E-state index contributed by atoms with van der Waals surface area (Å²) in [5.74, 6) is 0.787. The molecule has 0 spiro atoms. The first-order chi connectivity index (χ1) is 9.24. The van der Waals surface area contributed by atoms with Gasteiger partial charge in [0.05, 0.1) is 0 Å². The first-order valence-corrected chi connectivity index (χ1v) is 7.45. The molecule has 120 valence electrons. The Hall–Kier alpha value is -0.350. The van der Waals surface area contributed by atoms with Crippen LogP contribution in [0.25, 0.3) is 0 Å². The standard InChI is InChI=1S/C16H23FN2.2ClH/c1-12-2-5-15(17)14(10-12)16(11-13-3-4-13)19-8-6-18-7-9-19;;/h2,5,10,13,16,18H,3-4,6-9,11H2,1H3;2*1H/t16-;;/m1../s1. The second kappa shape index (κ2) is 8.33. The highest BCUT2D eigenvalue weighted by atomic mass is 35.5. The van der Waals surface area contributed by atoms with Crippen molar-refractivity contribution in [3.8, 4) is 0 Å². The molecule has 1 saturated heterocycles. The van der Waals surface area contributed by atoms with Gasteiger partial charge in [0.25, 0.3) is 0 Å². The number of aryl methyl sites for hydroxylation is 1. The highest BCUT2D eigenvalue weighted by Gasteiger charge is 2.31. The van der Waals surface area contributed by atoms with Gasteiger partial charge in [-0.15, -0.1) is 24.8 Å². The van der Waals surface area contributed by atoms with Gasteiger partial charge in [0, 0.05) is 37.8 Å². The second-order valence-corrected chi connectivity index (χ2v) is 6.01. The van der Waals surface area contributed by atoms with Crippen LogP contribution in [0.2, 0.25) is 0 Å². The molecule has 21 heavy (non-hydrogen) atoms. The highest BCUT2D eigenvalue weighted by Crippen LogP contribution is 2.40. The lowest BCUT2D eigenvalue weighted by molar-refractivity contribution is 0.157. The van der Waals surface area contributed by atoms with Crippen LogP contribution >= 0.6 is 24.8 Å². The summed E-state index contributed by atoms with van der Waals surface area (Å²) in [5.41, 5.74) is 2.07. The van der Waals surface area contributed by atoms with Crippen LogP contribution in [-0.4, -0.2) is 31.1 Å². The van der Waals surface area contributed by atoms with Gasteiger partial charge in [-0.1, -0.05) is 30.5 Å². The SMILES string of the molecule is Cc1ccc(F)c([C@@H](CC2CC2)N2CCNCC2)c1.Cl.Cl. The lowest BCUT2D eigenvalue weighted by atomic mass is 9.96. The summed E-state index contributed by atoms with van der Waals surface area (Å²) >= 11 is 0. The van der Waals surface area contributed by atoms with E-state index in [2.05, 4.69) is 17.1 Å². The molecule has 2 nitrogen and oxygen atoms in total. The number of rotatable bonds is 4. The molecule has 1 aliphatic heterocycles. The molecule has 0 amide bonds. The number of nitrogens with zero attached hydrogens (tertiary/aromatic N) is 1. The summed E-state index contributed by atoms with van der Waals surface area (Å²) in [7, 11) is 0. The zero-order valence-electron chi connectivity index (χ0n) is 12.5. The number of nitrogens with one attached hydrogen (secondary N) is 1. The van der Waals surface area contributed by atoms with Crippen molar-refractivity contribution in [2.75, 3.05) is 26.2 Å². The average molecular weight is 335 g/mol. The Morgan fingerprint density at radius 2 is 1.90 bits per heavy atom. The van der Waals surface area contributed by atoms with Gasteiger partial charge in [-0.3, -0.25) is 4.90 Å². The predicted octanol–water partition coefficient (Wildman–Crippen LogP) is 3.72. The molecule has 5 heteroatoms. The Morgan fingerprint density at radius 1 is 1.24 bits per heavy atom. The molecule has 3 rings (SSSR count). The zero-order chi connectivity index (χ0) is 13.2. The van der Waals surface area contributed by atoms with E-state index in [0.29, 0.717) is 0 Å². The van der Waals surface area contributed by atoms with Crippen LogP contribution in [0.4, 0.5) is 4.39 Å². The first-order valence-electron chi connectivity index (χ1n) is 7.45. The molecule has 0 bridgehead atoms. The Kier molecular flexibility index (Phi) is 7.41. The minimum Gasteiger partial charge on any atom is -0.314 e. The van der Waals surface area contributed by atoms with Gasteiger partial charge in [-0.2, -0.15) is 0 Å². The van der Waals surface area contributed by atoms with Gasteiger partial charge in [0.1, 0.15) is 5.82 Å². The summed E-state index contributed by atoms with van der Waals surface area (Å²) in [6, 6.07) is 5.82. The van der Waals surface area contributed by atoms with E-state index in [4.69, 9.17) is 0 Å². The summed E-state index contributed by atoms with van der Waals surface area (Å²) in [6.45, 7) is 6.16. The molecule has 1 aromatic rings. The number of piperazine rings is 1. The van der Waals surface area contributed by atoms with Crippen molar-refractivity contribution >= 4 is 24.8 Å². The molecule has 0 unspecified atom stereocenters. The third kappa shape index (κ3) is 4.82. The van der Waals surface area contributed by atoms with Gasteiger partial charge >= 0.3 is 0 Å². The molecule has 1 heterocycles. The maximum atomic E-state index is 14.2. The Labute approximate surface area is 139 Å². The highest BCUT2D eigenvalue weighted by molar-refractivity contribution is 5.85. The molecule has 1 aliphatic carbocycles. The molecule has 1 aromatic carbocycles. The van der Waals surface area contributed by atoms with Crippen molar-refractivity contribution in [1.29, 1.82) is 0 Å². The van der Waals surface area contributed by atoms with Crippen molar-refractivity contribution in [3.05, 3.63) is 35.1 Å². The smallest absolute Gasteiger partial charge is 0.128 e. The number of benzene rings is 1. The molecule has 1 atom stereocenters. The van der Waals surface area contributed by atoms with E-state index in [1.807, 2.05) is 12.1 Å². The minimum absolute atomic E-state index is 0. The van der Waals surface area contributed by atoms with Crippen LogP contribution in [0.15, 0.2) is 18.2 Å². The Bertz CT molecular complexity index is 446. The maximum Gasteiger partial charge on any atom is 0.128 e. The van der Waals surface area contributed by atoms with Crippen LogP contribution in [0.3, 0.4) is 0 Å². The van der Waals surface area contributed by atoms with E-state index >= 15 is 0 Å². The van der Waals surface area contributed by atoms with Crippen LogP contribution in [0.1, 0.15) is 36.4 Å². The summed E-state index contributed by atoms with van der Waals surface area (Å²) in [5, 5.41) is 3.38. The lowest BCUT2D eigenvalue weighted by Crippen LogP contribution is -2.45. The molecular formula is C16H25Cl2FN2. The normalized spacial score (nSPS) is 20.3. The Morgan fingerprint density at radius 3 is 2.52 bits per heavy atom. The van der Waals surface area contributed by atoms with Crippen molar-refractivity contribution in [2.24, 2.45) is 5.92 Å². The predicted molar refractivity (Wildman–Crippen MR) is 90.2 cm³/mol. The molecule has 1 N–H and O–H groups in total. The number of hydrogen-bond donors (Lipinski definition) is 1. The summed E-state index contributed by atoms with van der Waals surface area (Å²) in [6.07, 6.45) is 3.78. The fraction of sp³-hybridized carbons (Fsp3) is 0.625. The van der Waals surface area contributed by atoms with E-state index in [1.54, 1.807) is 6.07 Å². The van der Waals surface area contributed by atoms with E-state index in [9.17, 15) is 4.39 Å². The van der Waals surface area contributed by atoms with Crippen molar-refractivity contribution in [2.45, 2.75) is 32.2 Å². The molecule has 0 radical (unpaired) electrons. The molecule has 1 saturated carbocycles. The van der Waals surface area contributed by atoms with Gasteiger partial charge in [-0.05, 0) is 25.3 Å². The zero-order valence-corrected chi connectivity index (χ0v) is 14.1. The van der Waals surface area contributed by atoms with Gasteiger partial charge in [-0.25, -0.2) is 4.39 Å². The van der Waals surface area contributed by atoms with Crippen LogP contribution < -0.4 is 5.32 Å². The van der Waals surface area contributed by atoms with Gasteiger partial charge in [0.15, 0.2) is 0 Å². The fourth-order valence-corrected chi connectivity index (χ4v) is 3.05. The number of halogens is 3. The Balaban J connectivity index is 0.00000110. The average Bonchev–Trinajstić information content (AvgIpc) is 3.24. The number of hydrogen-bond acceptors (Lipinski definition) is 2. The van der Waals surface area contributed by atoms with Crippen molar-refractivity contribution < 1.29 is 4.39 Å². The largest absolute Gasteiger partial charge is 0.314 e. The van der Waals surface area contributed by atoms with Gasteiger partial charge in [0.2, 0.25) is 0 Å². The van der Waals surface area contributed by atoms with Crippen LogP contribution in [0.5, 0.6) is 0 Å². The second-order valence-electron chi connectivity index (χ2n) is 6.01. The summed E-state index contributed by atoms with van der Waals surface area (Å²) < 4.78 is 14.2. The van der Waals surface area contributed by atoms with Crippen molar-refractivity contribution in [3.63, 3.8) is 0 Å². The topological polar surface area (TPSA) is 15.3 Å². The van der Waals surface area contributed by atoms with Crippen molar-refractivity contribution in [1.82, 2.24) is 10.2 Å².